The number of fused-ring (bicyclic) bond motifs is 1. The molecule has 0 N–H and O–H groups in total. The van der Waals surface area contributed by atoms with Crippen LogP contribution in [0.15, 0.2) is 70.5 Å². The summed E-state index contributed by atoms with van der Waals surface area (Å²) in [5, 5.41) is 0. The molecule has 2 heterocycles. The Morgan fingerprint density at radius 2 is 1.74 bits per heavy atom. The van der Waals surface area contributed by atoms with Gasteiger partial charge in [0.05, 0.1) is 19.5 Å². The summed E-state index contributed by atoms with van der Waals surface area (Å²) in [6.45, 7) is 2.56. The minimum absolute atomic E-state index is 0.222. The summed E-state index contributed by atoms with van der Waals surface area (Å²) in [7, 11) is 3.20. The lowest BCUT2D eigenvalue weighted by Crippen LogP contribution is -2.44. The van der Waals surface area contributed by atoms with Crippen molar-refractivity contribution in [3.63, 3.8) is 0 Å². The minimum Gasteiger partial charge on any atom is -0.383 e. The molecule has 0 aliphatic heterocycles. The van der Waals surface area contributed by atoms with E-state index in [2.05, 4.69) is 4.98 Å². The smallest absolute Gasteiger partial charge is 0.333 e. The second-order valence-corrected chi connectivity index (χ2v) is 8.14. The van der Waals surface area contributed by atoms with E-state index in [4.69, 9.17) is 4.74 Å². The number of aryl methyl sites for hydroxylation is 1. The average Bonchev–Trinajstić information content (AvgIpc) is 3.27. The summed E-state index contributed by atoms with van der Waals surface area (Å²) in [4.78, 5) is 45.8. The molecular weight excluding hydrogens is 434 g/mol. The third-order valence-corrected chi connectivity index (χ3v) is 5.79. The van der Waals surface area contributed by atoms with E-state index in [0.29, 0.717) is 18.8 Å². The maximum Gasteiger partial charge on any atom is 0.333 e. The fraction of sp³-hybridized carbons (Fsp3) is 0.280. The lowest BCUT2D eigenvalue weighted by atomic mass is 10.2. The molecule has 0 aliphatic rings. The molecule has 9 nitrogen and oxygen atoms in total. The van der Waals surface area contributed by atoms with E-state index in [-0.39, 0.29) is 30.2 Å². The van der Waals surface area contributed by atoms with Crippen LogP contribution in [0, 0.1) is 6.92 Å². The quantitative estimate of drug-likeness (QED) is 0.400. The van der Waals surface area contributed by atoms with Gasteiger partial charge in [-0.2, -0.15) is 0 Å². The van der Waals surface area contributed by atoms with Gasteiger partial charge in [-0.1, -0.05) is 48.0 Å². The van der Waals surface area contributed by atoms with Crippen molar-refractivity contribution in [2.24, 2.45) is 0 Å². The molecule has 4 rings (SSSR count). The molecule has 0 atom stereocenters. The average molecular weight is 462 g/mol. The normalized spacial score (nSPS) is 11.1. The van der Waals surface area contributed by atoms with Crippen LogP contribution in [-0.4, -0.2) is 45.4 Å². The number of carbonyl (C=O) groups excluding carboxylic acids is 1. The van der Waals surface area contributed by atoms with Gasteiger partial charge in [0.1, 0.15) is 6.54 Å². The zero-order valence-corrected chi connectivity index (χ0v) is 19.5. The predicted octanol–water partition coefficient (Wildman–Crippen LogP) is 2.03. The SMILES string of the molecule is COCCn1cnc2c1c(=O)n(CC(=O)N(C)c1ccc(C)cc1)c(=O)n2Cc1ccccc1. The van der Waals surface area contributed by atoms with Crippen molar-refractivity contribution in [2.45, 2.75) is 26.6 Å². The van der Waals surface area contributed by atoms with E-state index < -0.39 is 11.2 Å². The number of methoxy groups -OCH3 is 1. The highest BCUT2D eigenvalue weighted by Crippen LogP contribution is 2.14. The van der Waals surface area contributed by atoms with Crippen LogP contribution in [0.4, 0.5) is 5.69 Å². The molecule has 0 saturated carbocycles. The second kappa shape index (κ2) is 9.88. The van der Waals surface area contributed by atoms with Gasteiger partial charge >= 0.3 is 5.69 Å². The van der Waals surface area contributed by atoms with Crippen LogP contribution in [0.2, 0.25) is 0 Å². The Hall–Kier alpha value is -3.98. The lowest BCUT2D eigenvalue weighted by molar-refractivity contribution is -0.119. The summed E-state index contributed by atoms with van der Waals surface area (Å²) in [6.07, 6.45) is 1.52. The molecule has 0 aliphatic carbocycles. The molecule has 176 valence electrons. The Labute approximate surface area is 196 Å². The van der Waals surface area contributed by atoms with Crippen molar-refractivity contribution >= 4 is 22.8 Å². The van der Waals surface area contributed by atoms with E-state index in [9.17, 15) is 14.4 Å². The van der Waals surface area contributed by atoms with E-state index in [1.54, 1.807) is 18.7 Å². The largest absolute Gasteiger partial charge is 0.383 e. The molecule has 2 aromatic carbocycles. The number of hydrogen-bond acceptors (Lipinski definition) is 5. The van der Waals surface area contributed by atoms with Crippen LogP contribution in [0.25, 0.3) is 11.2 Å². The van der Waals surface area contributed by atoms with E-state index in [1.807, 2.05) is 61.5 Å². The molecule has 0 spiro atoms. The third-order valence-electron chi connectivity index (χ3n) is 5.79. The number of hydrogen-bond donors (Lipinski definition) is 0. The number of ether oxygens (including phenoxy) is 1. The number of likely N-dealkylation sites (N-methyl/N-ethyl adjacent to an activating group) is 1. The van der Waals surface area contributed by atoms with Crippen molar-refractivity contribution in [3.8, 4) is 0 Å². The lowest BCUT2D eigenvalue weighted by Gasteiger charge is -2.19. The van der Waals surface area contributed by atoms with Crippen LogP contribution < -0.4 is 16.1 Å². The number of carbonyl (C=O) groups is 1. The van der Waals surface area contributed by atoms with Crippen molar-refractivity contribution in [1.29, 1.82) is 0 Å². The predicted molar refractivity (Wildman–Crippen MR) is 130 cm³/mol. The Morgan fingerprint density at radius 3 is 2.41 bits per heavy atom. The number of amides is 1. The molecule has 9 heteroatoms. The highest BCUT2D eigenvalue weighted by molar-refractivity contribution is 5.92. The fourth-order valence-corrected chi connectivity index (χ4v) is 3.80. The summed E-state index contributed by atoms with van der Waals surface area (Å²) in [5.41, 5.74) is 2.04. The number of imidazole rings is 1. The zero-order chi connectivity index (χ0) is 24.2. The molecule has 1 amide bonds. The molecule has 2 aromatic heterocycles. The second-order valence-electron chi connectivity index (χ2n) is 8.14. The standard InChI is InChI=1S/C25H27N5O4/c1-18-9-11-20(12-10-18)27(2)21(31)16-30-24(32)22-23(26-17-28(22)13-14-34-3)29(25(30)33)15-19-7-5-4-6-8-19/h4-12,17H,13-16H2,1-3H3. The van der Waals surface area contributed by atoms with Gasteiger partial charge in [0.25, 0.3) is 5.56 Å². The maximum atomic E-state index is 13.5. The van der Waals surface area contributed by atoms with E-state index >= 15 is 0 Å². The van der Waals surface area contributed by atoms with Crippen LogP contribution in [0.1, 0.15) is 11.1 Å². The van der Waals surface area contributed by atoms with Gasteiger partial charge in [-0.15, -0.1) is 0 Å². The summed E-state index contributed by atoms with van der Waals surface area (Å²) in [5.74, 6) is -0.378. The van der Waals surface area contributed by atoms with E-state index in [1.165, 1.54) is 15.8 Å². The molecular formula is C25H27N5O4. The summed E-state index contributed by atoms with van der Waals surface area (Å²) < 4.78 is 9.24. The van der Waals surface area contributed by atoms with Crippen molar-refractivity contribution in [1.82, 2.24) is 18.7 Å². The fourth-order valence-electron chi connectivity index (χ4n) is 3.80. The van der Waals surface area contributed by atoms with Gasteiger partial charge in [-0.05, 0) is 24.6 Å². The van der Waals surface area contributed by atoms with Crippen LogP contribution in [-0.2, 0) is 29.2 Å². The van der Waals surface area contributed by atoms with Gasteiger partial charge in [-0.25, -0.2) is 14.3 Å². The van der Waals surface area contributed by atoms with Crippen LogP contribution in [0.3, 0.4) is 0 Å². The number of benzene rings is 2. The summed E-state index contributed by atoms with van der Waals surface area (Å²) in [6, 6.07) is 16.9. The number of rotatable bonds is 8. The van der Waals surface area contributed by atoms with Gasteiger partial charge in [0.2, 0.25) is 5.91 Å². The van der Waals surface area contributed by atoms with Crippen molar-refractivity contribution in [2.75, 3.05) is 25.7 Å². The highest BCUT2D eigenvalue weighted by Gasteiger charge is 2.21. The molecule has 4 aromatic rings. The minimum atomic E-state index is -0.580. The third kappa shape index (κ3) is 4.55. The maximum absolute atomic E-state index is 13.5. The van der Waals surface area contributed by atoms with Gasteiger partial charge < -0.3 is 14.2 Å². The number of anilines is 1. The Bertz CT molecular complexity index is 1420. The highest BCUT2D eigenvalue weighted by atomic mass is 16.5. The molecule has 0 saturated heterocycles. The van der Waals surface area contributed by atoms with Gasteiger partial charge in [0, 0.05) is 26.4 Å². The number of nitrogens with zero attached hydrogens (tertiary/aromatic N) is 5. The van der Waals surface area contributed by atoms with Crippen molar-refractivity contribution < 1.29 is 9.53 Å². The summed E-state index contributed by atoms with van der Waals surface area (Å²) >= 11 is 0. The first-order valence-corrected chi connectivity index (χ1v) is 10.9. The van der Waals surface area contributed by atoms with Crippen LogP contribution >= 0.6 is 0 Å². The Morgan fingerprint density at radius 1 is 1.03 bits per heavy atom. The molecule has 34 heavy (non-hydrogen) atoms. The molecule has 0 bridgehead atoms. The van der Waals surface area contributed by atoms with Gasteiger partial charge in [0.15, 0.2) is 11.2 Å². The monoisotopic (exact) mass is 461 g/mol. The molecule has 0 fully saturated rings. The van der Waals surface area contributed by atoms with Crippen LogP contribution in [0.5, 0.6) is 0 Å². The van der Waals surface area contributed by atoms with Crippen molar-refractivity contribution in [3.05, 3.63) is 92.9 Å². The topological polar surface area (TPSA) is 91.4 Å². The first-order valence-electron chi connectivity index (χ1n) is 10.9. The zero-order valence-electron chi connectivity index (χ0n) is 19.5. The van der Waals surface area contributed by atoms with Gasteiger partial charge in [-0.3, -0.25) is 14.2 Å². The molecule has 0 unspecified atom stereocenters. The first kappa shape index (κ1) is 23.2. The number of aromatic nitrogens is 4. The first-order chi connectivity index (χ1) is 16.4. The Balaban J connectivity index is 1.80. The molecule has 0 radical (unpaired) electrons. The van der Waals surface area contributed by atoms with E-state index in [0.717, 1.165) is 15.7 Å². The Kier molecular flexibility index (Phi) is 6.74.